The van der Waals surface area contributed by atoms with Crippen LogP contribution in [-0.2, 0) is 13.4 Å². The summed E-state index contributed by atoms with van der Waals surface area (Å²) in [5.74, 6) is 0. The van der Waals surface area contributed by atoms with Crippen LogP contribution < -0.4 is 0 Å². The van der Waals surface area contributed by atoms with Crippen molar-refractivity contribution in [3.63, 3.8) is 0 Å². The van der Waals surface area contributed by atoms with Gasteiger partial charge in [0.25, 0.3) is 0 Å². The fourth-order valence-corrected chi connectivity index (χ4v) is 4.90. The van der Waals surface area contributed by atoms with E-state index in [4.69, 9.17) is 0 Å². The van der Waals surface area contributed by atoms with Gasteiger partial charge in [0.1, 0.15) is 0 Å². The molecule has 0 rings (SSSR count). The third-order valence-electron chi connectivity index (χ3n) is 2.34. The van der Waals surface area contributed by atoms with E-state index in [1.54, 1.807) is 0 Å². The van der Waals surface area contributed by atoms with Crippen LogP contribution in [0.15, 0.2) is 0 Å². The van der Waals surface area contributed by atoms with Crippen molar-refractivity contribution >= 4 is 15.2 Å². The first-order valence-electron chi connectivity index (χ1n) is 6.18. The molecule has 0 radical (unpaired) electrons. The molecule has 0 heterocycles. The second kappa shape index (κ2) is 8.44. The zero-order valence-corrected chi connectivity index (χ0v) is 12.5. The second-order valence-corrected chi connectivity index (χ2v) is 8.32. The molecule has 0 aromatic carbocycles. The quantitative estimate of drug-likeness (QED) is 0.472. The Morgan fingerprint density at radius 3 is 1.47 bits per heavy atom. The van der Waals surface area contributed by atoms with Crippen LogP contribution >= 0.6 is 15.2 Å². The summed E-state index contributed by atoms with van der Waals surface area (Å²) in [7, 11) is -7.81. The smallest absolute Gasteiger partial charge is 0.324 e. The third-order valence-corrected chi connectivity index (χ3v) is 6.15. The largest absolute Gasteiger partial charge is 0.335 e. The molecule has 7 heteroatoms. The van der Waals surface area contributed by atoms with Crippen molar-refractivity contribution in [1.29, 1.82) is 0 Å². The minimum absolute atomic E-state index is 0.0425. The van der Waals surface area contributed by atoms with Crippen LogP contribution in [0.5, 0.6) is 0 Å². The molecule has 0 fully saturated rings. The van der Waals surface area contributed by atoms with E-state index in [0.717, 1.165) is 25.7 Å². The van der Waals surface area contributed by atoms with Crippen molar-refractivity contribution in [3.8, 4) is 0 Å². The average molecular weight is 286 g/mol. The molecule has 2 N–H and O–H groups in total. The number of rotatable bonds is 10. The first-order valence-corrected chi connectivity index (χ1v) is 9.70. The topological polar surface area (TPSA) is 83.8 Å². The van der Waals surface area contributed by atoms with E-state index in [9.17, 15) is 18.9 Å². The minimum atomic E-state index is -3.91. The van der Waals surface area contributed by atoms with Crippen LogP contribution in [0.25, 0.3) is 0 Å². The van der Waals surface area contributed by atoms with E-state index in [0.29, 0.717) is 12.8 Å². The van der Waals surface area contributed by atoms with Crippen LogP contribution in [0.3, 0.4) is 0 Å². The van der Waals surface area contributed by atoms with E-state index in [-0.39, 0.29) is 12.3 Å². The highest BCUT2D eigenvalue weighted by Gasteiger charge is 2.30. The zero-order valence-electron chi connectivity index (χ0n) is 10.7. The second-order valence-electron chi connectivity index (χ2n) is 4.22. The predicted octanol–water partition coefficient (Wildman–Crippen LogP) is 3.75. The Bertz CT molecular complexity index is 264. The third kappa shape index (κ3) is 9.99. The fraction of sp³-hybridized carbons (Fsp3) is 1.00. The Balaban J connectivity index is 4.09. The molecule has 0 aromatic heterocycles. The van der Waals surface area contributed by atoms with Crippen LogP contribution in [0.1, 0.15) is 52.4 Å². The van der Waals surface area contributed by atoms with Crippen LogP contribution in [0.4, 0.5) is 0 Å². The van der Waals surface area contributed by atoms with Crippen molar-refractivity contribution in [2.24, 2.45) is 0 Å². The first kappa shape index (κ1) is 17.3. The Morgan fingerprint density at radius 2 is 1.18 bits per heavy atom. The number of hydrogen-bond acceptors (Lipinski definition) is 3. The Morgan fingerprint density at radius 1 is 0.824 bits per heavy atom. The summed E-state index contributed by atoms with van der Waals surface area (Å²) in [4.78, 5) is 18.9. The van der Waals surface area contributed by atoms with Crippen molar-refractivity contribution in [2.45, 2.75) is 52.4 Å². The lowest BCUT2D eigenvalue weighted by atomic mass is 10.3. The Labute approximate surface area is 104 Å². The Kier molecular flexibility index (Phi) is 8.61. The van der Waals surface area contributed by atoms with Gasteiger partial charge in [-0.3, -0.25) is 9.13 Å². The van der Waals surface area contributed by atoms with Gasteiger partial charge in [0.15, 0.2) is 0 Å². The average Bonchev–Trinajstić information content (AvgIpc) is 2.16. The van der Waals surface area contributed by atoms with Crippen molar-refractivity contribution in [2.75, 3.05) is 12.3 Å². The highest BCUT2D eigenvalue weighted by molar-refractivity contribution is 7.66. The molecule has 0 saturated carbocycles. The highest BCUT2D eigenvalue weighted by Crippen LogP contribution is 2.59. The molecule has 2 unspecified atom stereocenters. The highest BCUT2D eigenvalue weighted by atomic mass is 31.3. The van der Waals surface area contributed by atoms with E-state index in [2.05, 4.69) is 4.31 Å². The summed E-state index contributed by atoms with van der Waals surface area (Å²) in [5.41, 5.74) is 0. The predicted molar refractivity (Wildman–Crippen MR) is 69.5 cm³/mol. The van der Waals surface area contributed by atoms with Gasteiger partial charge in [-0.1, -0.05) is 39.5 Å². The summed E-state index contributed by atoms with van der Waals surface area (Å²) in [6.45, 7) is 3.95. The molecule has 17 heavy (non-hydrogen) atoms. The van der Waals surface area contributed by atoms with Crippen molar-refractivity contribution in [1.82, 2.24) is 0 Å². The van der Waals surface area contributed by atoms with Gasteiger partial charge in [-0.15, -0.1) is 0 Å². The standard InChI is InChI=1S/C10H24O5P2/c1-3-5-7-9-16(11,12)15-17(13,14)10-8-6-4-2/h3-10H2,1-2H3,(H,11,12)(H,13,14). The molecule has 2 atom stereocenters. The molecular weight excluding hydrogens is 262 g/mol. The van der Waals surface area contributed by atoms with E-state index in [1.807, 2.05) is 13.8 Å². The van der Waals surface area contributed by atoms with E-state index in [1.165, 1.54) is 0 Å². The van der Waals surface area contributed by atoms with Gasteiger partial charge in [0, 0.05) is 0 Å². The number of unbranched alkanes of at least 4 members (excludes halogenated alkanes) is 4. The summed E-state index contributed by atoms with van der Waals surface area (Å²) in [5, 5.41) is 0. The van der Waals surface area contributed by atoms with Crippen LogP contribution in [0, 0.1) is 0 Å². The maximum atomic E-state index is 11.5. The molecule has 0 aliphatic rings. The van der Waals surface area contributed by atoms with Gasteiger partial charge < -0.3 is 9.79 Å². The summed E-state index contributed by atoms with van der Waals surface area (Å²) in [6, 6.07) is 0. The zero-order chi connectivity index (χ0) is 13.4. The minimum Gasteiger partial charge on any atom is -0.324 e. The summed E-state index contributed by atoms with van der Waals surface area (Å²) >= 11 is 0. The lowest BCUT2D eigenvalue weighted by Gasteiger charge is -2.16. The van der Waals surface area contributed by atoms with E-state index >= 15 is 0 Å². The summed E-state index contributed by atoms with van der Waals surface area (Å²) in [6.07, 6.45) is 4.48. The fourth-order valence-electron chi connectivity index (χ4n) is 1.40. The summed E-state index contributed by atoms with van der Waals surface area (Å²) < 4.78 is 27.6. The molecule has 104 valence electrons. The van der Waals surface area contributed by atoms with Crippen molar-refractivity contribution in [3.05, 3.63) is 0 Å². The molecule has 5 nitrogen and oxygen atoms in total. The molecular formula is C10H24O5P2. The monoisotopic (exact) mass is 286 g/mol. The maximum Gasteiger partial charge on any atom is 0.335 e. The normalized spacial score (nSPS) is 18.6. The van der Waals surface area contributed by atoms with Gasteiger partial charge in [0.05, 0.1) is 12.3 Å². The SMILES string of the molecule is CCCCCP(=O)(O)OP(=O)(O)CCCCC. The Hall–Kier alpha value is 0.340. The lowest BCUT2D eigenvalue weighted by molar-refractivity contribution is 0.330. The molecule has 0 spiro atoms. The van der Waals surface area contributed by atoms with Gasteiger partial charge in [0.2, 0.25) is 0 Å². The molecule has 0 amide bonds. The molecule has 0 aliphatic carbocycles. The van der Waals surface area contributed by atoms with Crippen LogP contribution in [-0.4, -0.2) is 22.1 Å². The number of hydrogen-bond donors (Lipinski definition) is 2. The molecule has 0 aliphatic heterocycles. The van der Waals surface area contributed by atoms with Gasteiger partial charge >= 0.3 is 15.2 Å². The van der Waals surface area contributed by atoms with Gasteiger partial charge in [-0.25, -0.2) is 4.31 Å². The lowest BCUT2D eigenvalue weighted by Crippen LogP contribution is -1.97. The molecule has 0 saturated heterocycles. The van der Waals surface area contributed by atoms with Crippen molar-refractivity contribution < 1.29 is 23.2 Å². The van der Waals surface area contributed by atoms with E-state index < -0.39 is 15.2 Å². The van der Waals surface area contributed by atoms with Gasteiger partial charge in [-0.05, 0) is 12.8 Å². The molecule has 0 bridgehead atoms. The first-order chi connectivity index (χ1) is 7.83. The van der Waals surface area contributed by atoms with Crippen LogP contribution in [0.2, 0.25) is 0 Å². The molecule has 0 aromatic rings. The van der Waals surface area contributed by atoms with Gasteiger partial charge in [-0.2, -0.15) is 0 Å². The maximum absolute atomic E-state index is 11.5.